The minimum Gasteiger partial charge on any atom is -0.398 e. The van der Waals surface area contributed by atoms with Crippen LogP contribution < -0.4 is 5.73 Å². The topological polar surface area (TPSA) is 63.4 Å². The highest BCUT2D eigenvalue weighted by molar-refractivity contribution is 7.89. The summed E-state index contributed by atoms with van der Waals surface area (Å²) < 4.78 is 25.0. The molecule has 0 bridgehead atoms. The van der Waals surface area contributed by atoms with Gasteiger partial charge in [0.05, 0.1) is 11.4 Å². The summed E-state index contributed by atoms with van der Waals surface area (Å²) in [4.78, 5) is 0.161. The number of hydrogen-bond acceptors (Lipinski definition) is 3. The first-order chi connectivity index (χ1) is 7.39. The predicted molar refractivity (Wildman–Crippen MR) is 64.2 cm³/mol. The molecule has 1 aromatic carbocycles. The van der Waals surface area contributed by atoms with Crippen molar-refractivity contribution >= 4 is 15.7 Å². The van der Waals surface area contributed by atoms with E-state index in [0.717, 1.165) is 9.87 Å². The van der Waals surface area contributed by atoms with Crippen LogP contribution in [-0.2, 0) is 10.0 Å². The van der Waals surface area contributed by atoms with Gasteiger partial charge in [-0.25, -0.2) is 8.42 Å². The normalized spacial score (nSPS) is 11.4. The van der Waals surface area contributed by atoms with Gasteiger partial charge in [-0.1, -0.05) is 12.0 Å². The number of rotatable bonds is 3. The maximum Gasteiger partial charge on any atom is 0.243 e. The van der Waals surface area contributed by atoms with Gasteiger partial charge in [-0.2, -0.15) is 4.31 Å². The second kappa shape index (κ2) is 4.56. The van der Waals surface area contributed by atoms with Crippen molar-refractivity contribution in [3.63, 3.8) is 0 Å². The molecule has 2 N–H and O–H groups in total. The van der Waals surface area contributed by atoms with Crippen molar-refractivity contribution in [1.82, 2.24) is 4.31 Å². The van der Waals surface area contributed by atoms with Gasteiger partial charge in [-0.3, -0.25) is 0 Å². The molecule has 0 fully saturated rings. The monoisotopic (exact) mass is 238 g/mol. The van der Waals surface area contributed by atoms with Crippen LogP contribution in [0.1, 0.15) is 5.56 Å². The number of terminal acetylenes is 1. The summed E-state index contributed by atoms with van der Waals surface area (Å²) in [5.41, 5.74) is 6.97. The molecule has 1 aromatic rings. The predicted octanol–water partition coefficient (Wildman–Crippen LogP) is 0.831. The van der Waals surface area contributed by atoms with Crippen LogP contribution in [0.5, 0.6) is 0 Å². The highest BCUT2D eigenvalue weighted by Gasteiger charge is 2.20. The van der Waals surface area contributed by atoms with E-state index in [1.54, 1.807) is 6.07 Å². The van der Waals surface area contributed by atoms with Gasteiger partial charge in [0.15, 0.2) is 0 Å². The van der Waals surface area contributed by atoms with Gasteiger partial charge in [0.2, 0.25) is 10.0 Å². The number of benzene rings is 1. The van der Waals surface area contributed by atoms with Crippen molar-refractivity contribution in [1.29, 1.82) is 0 Å². The van der Waals surface area contributed by atoms with Gasteiger partial charge >= 0.3 is 0 Å². The molecule has 0 spiro atoms. The lowest BCUT2D eigenvalue weighted by molar-refractivity contribution is 0.503. The summed E-state index contributed by atoms with van der Waals surface area (Å²) in [6, 6.07) is 4.64. The lowest BCUT2D eigenvalue weighted by atomic mass is 10.2. The minimum atomic E-state index is -3.53. The lowest BCUT2D eigenvalue weighted by Gasteiger charge is -2.14. The SMILES string of the molecule is C#CCN(C)S(=O)(=O)c1ccc(C)c(N)c1. The molecule has 0 saturated carbocycles. The number of sulfonamides is 1. The van der Waals surface area contributed by atoms with Gasteiger partial charge in [0.1, 0.15) is 0 Å². The first-order valence-corrected chi connectivity index (χ1v) is 6.09. The van der Waals surface area contributed by atoms with E-state index in [2.05, 4.69) is 5.92 Å². The number of aryl methyl sites for hydroxylation is 1. The molecule has 1 rings (SSSR count). The van der Waals surface area contributed by atoms with Crippen molar-refractivity contribution < 1.29 is 8.42 Å². The van der Waals surface area contributed by atoms with Gasteiger partial charge in [0.25, 0.3) is 0 Å². The summed E-state index contributed by atoms with van der Waals surface area (Å²) in [6.45, 7) is 1.85. The Morgan fingerprint density at radius 1 is 1.50 bits per heavy atom. The van der Waals surface area contributed by atoms with Gasteiger partial charge in [-0.15, -0.1) is 6.42 Å². The van der Waals surface area contributed by atoms with E-state index in [-0.39, 0.29) is 11.4 Å². The summed E-state index contributed by atoms with van der Waals surface area (Å²) in [5.74, 6) is 2.28. The first kappa shape index (κ1) is 12.6. The van der Waals surface area contributed by atoms with E-state index < -0.39 is 10.0 Å². The lowest BCUT2D eigenvalue weighted by Crippen LogP contribution is -2.27. The van der Waals surface area contributed by atoms with Crippen molar-refractivity contribution in [3.05, 3.63) is 23.8 Å². The van der Waals surface area contributed by atoms with Crippen LogP contribution in [-0.4, -0.2) is 26.3 Å². The van der Waals surface area contributed by atoms with Crippen molar-refractivity contribution in [2.24, 2.45) is 0 Å². The third-order valence-electron chi connectivity index (χ3n) is 2.27. The Labute approximate surface area is 96.1 Å². The smallest absolute Gasteiger partial charge is 0.243 e. The largest absolute Gasteiger partial charge is 0.398 e. The highest BCUT2D eigenvalue weighted by Crippen LogP contribution is 2.19. The molecule has 0 amide bonds. The number of nitrogens with two attached hydrogens (primary N) is 1. The molecule has 0 aromatic heterocycles. The fourth-order valence-corrected chi connectivity index (χ4v) is 2.29. The van der Waals surface area contributed by atoms with E-state index in [1.165, 1.54) is 19.2 Å². The summed E-state index contributed by atoms with van der Waals surface area (Å²) >= 11 is 0. The van der Waals surface area contributed by atoms with E-state index >= 15 is 0 Å². The Hall–Kier alpha value is -1.51. The number of anilines is 1. The van der Waals surface area contributed by atoms with Crippen LogP contribution in [0.25, 0.3) is 0 Å². The van der Waals surface area contributed by atoms with Crippen LogP contribution in [0.15, 0.2) is 23.1 Å². The van der Waals surface area contributed by atoms with Crippen molar-refractivity contribution in [2.45, 2.75) is 11.8 Å². The highest BCUT2D eigenvalue weighted by atomic mass is 32.2. The molecule has 0 aliphatic carbocycles. The average molecular weight is 238 g/mol. The van der Waals surface area contributed by atoms with Crippen molar-refractivity contribution in [3.8, 4) is 12.3 Å². The van der Waals surface area contributed by atoms with Gasteiger partial charge < -0.3 is 5.73 Å². The van der Waals surface area contributed by atoms with Crippen LogP contribution in [0, 0.1) is 19.3 Å². The maximum absolute atomic E-state index is 12.0. The molecule has 4 nitrogen and oxygen atoms in total. The van der Waals surface area contributed by atoms with Gasteiger partial charge in [-0.05, 0) is 24.6 Å². The molecule has 0 unspecified atom stereocenters. The molecule has 0 aliphatic heterocycles. The molecular formula is C11H14N2O2S. The molecule has 0 atom stereocenters. The van der Waals surface area contributed by atoms with Crippen molar-refractivity contribution in [2.75, 3.05) is 19.3 Å². The average Bonchev–Trinajstić information content (AvgIpc) is 2.22. The third kappa shape index (κ3) is 2.35. The first-order valence-electron chi connectivity index (χ1n) is 4.65. The third-order valence-corrected chi connectivity index (χ3v) is 4.07. The zero-order chi connectivity index (χ0) is 12.3. The number of nitrogen functional groups attached to an aromatic ring is 1. The fourth-order valence-electron chi connectivity index (χ4n) is 1.17. The van der Waals surface area contributed by atoms with Crippen LogP contribution in [0.2, 0.25) is 0 Å². The maximum atomic E-state index is 12.0. The summed E-state index contributed by atoms with van der Waals surface area (Å²) in [7, 11) is -2.09. The van der Waals surface area contributed by atoms with E-state index in [9.17, 15) is 8.42 Å². The quantitative estimate of drug-likeness (QED) is 0.626. The second-order valence-electron chi connectivity index (χ2n) is 3.48. The summed E-state index contributed by atoms with van der Waals surface area (Å²) in [5, 5.41) is 0. The Morgan fingerprint density at radius 2 is 2.12 bits per heavy atom. The Bertz CT molecular complexity index is 529. The molecule has 86 valence electrons. The van der Waals surface area contributed by atoms with Crippen LogP contribution >= 0.6 is 0 Å². The molecule has 0 heterocycles. The summed E-state index contributed by atoms with van der Waals surface area (Å²) in [6.07, 6.45) is 5.08. The van der Waals surface area contributed by atoms with Crippen LogP contribution in [0.4, 0.5) is 5.69 Å². The second-order valence-corrected chi connectivity index (χ2v) is 5.53. The molecule has 16 heavy (non-hydrogen) atoms. The Kier molecular flexibility index (Phi) is 3.58. The minimum absolute atomic E-state index is 0.0378. The van der Waals surface area contributed by atoms with E-state index in [0.29, 0.717) is 5.69 Å². The standard InChI is InChI=1S/C11H14N2O2S/c1-4-7-13(3)16(14,15)10-6-5-9(2)11(12)8-10/h1,5-6,8H,7,12H2,2-3H3. The fraction of sp³-hybridized carbons (Fsp3) is 0.273. The van der Waals surface area contributed by atoms with Crippen LogP contribution in [0.3, 0.4) is 0 Å². The molecule has 5 heteroatoms. The molecular weight excluding hydrogens is 224 g/mol. The van der Waals surface area contributed by atoms with Gasteiger partial charge in [0, 0.05) is 12.7 Å². The zero-order valence-corrected chi connectivity index (χ0v) is 10.1. The van der Waals surface area contributed by atoms with E-state index in [1.807, 2.05) is 6.92 Å². The zero-order valence-electron chi connectivity index (χ0n) is 9.27. The molecule has 0 saturated heterocycles. The Morgan fingerprint density at radius 3 is 2.62 bits per heavy atom. The molecule has 0 aliphatic rings. The Balaban J connectivity index is 3.18. The number of nitrogens with zero attached hydrogens (tertiary/aromatic N) is 1. The molecule has 0 radical (unpaired) electrons. The number of hydrogen-bond donors (Lipinski definition) is 1. The van der Waals surface area contributed by atoms with E-state index in [4.69, 9.17) is 12.2 Å².